The average Bonchev–Trinajstić information content (AvgIpc) is 2.91. The van der Waals surface area contributed by atoms with E-state index in [4.69, 9.17) is 0 Å². The summed E-state index contributed by atoms with van der Waals surface area (Å²) in [4.78, 5) is 0.256. The first kappa shape index (κ1) is 20.6. The van der Waals surface area contributed by atoms with Crippen LogP contribution in [0.1, 0.15) is 35.9 Å². The minimum absolute atomic E-state index is 0.256. The van der Waals surface area contributed by atoms with Crippen LogP contribution in [-0.4, -0.2) is 18.2 Å². The average molecular weight is 462 g/mol. The van der Waals surface area contributed by atoms with E-state index >= 15 is 0 Å². The normalized spacial score (nSPS) is 11.6. The third-order valence-electron chi connectivity index (χ3n) is 4.64. The van der Waals surface area contributed by atoms with Crippen LogP contribution in [0.4, 0.5) is 5.69 Å². The van der Waals surface area contributed by atoms with Crippen molar-refractivity contribution in [1.29, 1.82) is 0 Å². The Morgan fingerprint density at radius 2 is 1.61 bits per heavy atom. The first-order valence-electron chi connectivity index (χ1n) is 9.20. The summed E-state index contributed by atoms with van der Waals surface area (Å²) in [5, 5.41) is 4.52. The summed E-state index contributed by atoms with van der Waals surface area (Å²) in [6, 6.07) is 15.0. The Labute approximate surface area is 175 Å². The number of benzene rings is 2. The van der Waals surface area contributed by atoms with Gasteiger partial charge in [-0.1, -0.05) is 53.5 Å². The Morgan fingerprint density at radius 3 is 2.21 bits per heavy atom. The van der Waals surface area contributed by atoms with Gasteiger partial charge in [0, 0.05) is 4.47 Å². The number of halogens is 1. The zero-order chi connectivity index (χ0) is 20.3. The lowest BCUT2D eigenvalue weighted by Gasteiger charge is -2.10. The SMILES string of the molecule is CCCc1ccc(S(=O)(=O)Nc2c(C)nn(Cc3ccc(Br)cc3)c2C)cc1. The molecule has 0 fully saturated rings. The van der Waals surface area contributed by atoms with Crippen molar-refractivity contribution in [2.45, 2.75) is 45.1 Å². The molecule has 1 N–H and O–H groups in total. The molecule has 7 heteroatoms. The lowest BCUT2D eigenvalue weighted by Crippen LogP contribution is -2.14. The van der Waals surface area contributed by atoms with Crippen molar-refractivity contribution in [2.75, 3.05) is 4.72 Å². The Balaban J connectivity index is 1.83. The largest absolute Gasteiger partial charge is 0.276 e. The minimum atomic E-state index is -3.66. The van der Waals surface area contributed by atoms with Gasteiger partial charge in [0.1, 0.15) is 0 Å². The van der Waals surface area contributed by atoms with Gasteiger partial charge in [0.2, 0.25) is 0 Å². The second-order valence-corrected chi connectivity index (χ2v) is 9.43. The van der Waals surface area contributed by atoms with Crippen LogP contribution in [0.25, 0.3) is 0 Å². The Hall–Kier alpha value is -2.12. The van der Waals surface area contributed by atoms with Gasteiger partial charge in [-0.05, 0) is 55.7 Å². The van der Waals surface area contributed by atoms with E-state index in [0.717, 1.165) is 34.1 Å². The number of rotatable bonds is 7. The van der Waals surface area contributed by atoms with Crippen LogP contribution in [0, 0.1) is 13.8 Å². The lowest BCUT2D eigenvalue weighted by molar-refractivity contribution is 0.601. The molecule has 0 unspecified atom stereocenters. The molecule has 3 rings (SSSR count). The number of aromatic nitrogens is 2. The van der Waals surface area contributed by atoms with Crippen molar-refractivity contribution in [3.63, 3.8) is 0 Å². The van der Waals surface area contributed by atoms with Gasteiger partial charge in [-0.3, -0.25) is 9.40 Å². The standard InChI is InChI=1S/C21H24BrN3O2S/c1-4-5-17-8-12-20(13-9-17)28(26,27)24-21-15(2)23-25(16(21)3)14-18-6-10-19(22)11-7-18/h6-13,24H,4-5,14H2,1-3H3. The van der Waals surface area contributed by atoms with E-state index < -0.39 is 10.0 Å². The van der Waals surface area contributed by atoms with E-state index in [9.17, 15) is 8.42 Å². The quantitative estimate of drug-likeness (QED) is 0.534. The second kappa shape index (κ2) is 8.49. The summed E-state index contributed by atoms with van der Waals surface area (Å²) in [5.74, 6) is 0. The van der Waals surface area contributed by atoms with Gasteiger partial charge in [0.25, 0.3) is 10.0 Å². The van der Waals surface area contributed by atoms with E-state index in [-0.39, 0.29) is 4.90 Å². The molecular weight excluding hydrogens is 438 g/mol. The summed E-state index contributed by atoms with van der Waals surface area (Å²) in [7, 11) is -3.66. The van der Waals surface area contributed by atoms with Gasteiger partial charge >= 0.3 is 0 Å². The van der Waals surface area contributed by atoms with Gasteiger partial charge < -0.3 is 0 Å². The number of nitrogens with one attached hydrogen (secondary N) is 1. The van der Waals surface area contributed by atoms with Crippen LogP contribution < -0.4 is 4.72 Å². The smallest absolute Gasteiger partial charge is 0.262 e. The summed E-state index contributed by atoms with van der Waals surface area (Å²) < 4.78 is 31.2. The van der Waals surface area contributed by atoms with Crippen LogP contribution >= 0.6 is 15.9 Å². The highest BCUT2D eigenvalue weighted by Crippen LogP contribution is 2.24. The summed E-state index contributed by atoms with van der Waals surface area (Å²) in [5.41, 5.74) is 4.20. The van der Waals surface area contributed by atoms with Crippen molar-refractivity contribution >= 4 is 31.6 Å². The molecule has 0 saturated heterocycles. The van der Waals surface area contributed by atoms with Crippen LogP contribution in [-0.2, 0) is 23.0 Å². The lowest BCUT2D eigenvalue weighted by atomic mass is 10.1. The molecular formula is C21H24BrN3O2S. The molecule has 0 aliphatic carbocycles. The molecule has 28 heavy (non-hydrogen) atoms. The zero-order valence-corrected chi connectivity index (χ0v) is 18.6. The first-order chi connectivity index (χ1) is 13.3. The molecule has 1 heterocycles. The molecule has 1 aromatic heterocycles. The fourth-order valence-electron chi connectivity index (χ4n) is 3.08. The highest BCUT2D eigenvalue weighted by atomic mass is 79.9. The molecule has 0 saturated carbocycles. The molecule has 0 spiro atoms. The van der Waals surface area contributed by atoms with E-state index in [1.807, 2.05) is 54.9 Å². The van der Waals surface area contributed by atoms with Crippen molar-refractivity contribution in [1.82, 2.24) is 9.78 Å². The molecule has 5 nitrogen and oxygen atoms in total. The molecule has 0 atom stereocenters. The molecule has 2 aromatic carbocycles. The van der Waals surface area contributed by atoms with Crippen molar-refractivity contribution in [2.24, 2.45) is 0 Å². The number of hydrogen-bond donors (Lipinski definition) is 1. The summed E-state index contributed by atoms with van der Waals surface area (Å²) in [6.45, 7) is 6.37. The van der Waals surface area contributed by atoms with Gasteiger partial charge in [-0.25, -0.2) is 8.42 Å². The monoisotopic (exact) mass is 461 g/mol. The highest BCUT2D eigenvalue weighted by molar-refractivity contribution is 9.10. The molecule has 0 bridgehead atoms. The van der Waals surface area contributed by atoms with E-state index in [0.29, 0.717) is 17.9 Å². The third-order valence-corrected chi connectivity index (χ3v) is 6.53. The van der Waals surface area contributed by atoms with Crippen LogP contribution in [0.5, 0.6) is 0 Å². The number of sulfonamides is 1. The van der Waals surface area contributed by atoms with Gasteiger partial charge in [0.05, 0.1) is 28.5 Å². The first-order valence-corrected chi connectivity index (χ1v) is 11.5. The number of nitrogens with zero attached hydrogens (tertiary/aromatic N) is 2. The molecule has 0 aliphatic rings. The van der Waals surface area contributed by atoms with Crippen molar-refractivity contribution < 1.29 is 8.42 Å². The Morgan fingerprint density at radius 1 is 1.00 bits per heavy atom. The predicted molar refractivity (Wildman–Crippen MR) is 116 cm³/mol. The molecule has 0 amide bonds. The maximum absolute atomic E-state index is 12.8. The van der Waals surface area contributed by atoms with E-state index in [2.05, 4.69) is 32.7 Å². The molecule has 148 valence electrons. The Kier molecular flexibility index (Phi) is 6.25. The predicted octanol–water partition coefficient (Wildman–Crippen LogP) is 5.06. The van der Waals surface area contributed by atoms with Crippen molar-refractivity contribution in [3.05, 3.63) is 75.5 Å². The van der Waals surface area contributed by atoms with Gasteiger partial charge in [-0.2, -0.15) is 5.10 Å². The van der Waals surface area contributed by atoms with E-state index in [1.54, 1.807) is 12.1 Å². The van der Waals surface area contributed by atoms with Crippen LogP contribution in [0.3, 0.4) is 0 Å². The summed E-state index contributed by atoms with van der Waals surface area (Å²) in [6.07, 6.45) is 1.97. The maximum atomic E-state index is 12.8. The van der Waals surface area contributed by atoms with E-state index in [1.165, 1.54) is 0 Å². The second-order valence-electron chi connectivity index (χ2n) is 6.83. The molecule has 0 aliphatic heterocycles. The number of hydrogen-bond acceptors (Lipinski definition) is 3. The third kappa shape index (κ3) is 4.64. The topological polar surface area (TPSA) is 64.0 Å². The molecule has 3 aromatic rings. The highest BCUT2D eigenvalue weighted by Gasteiger charge is 2.20. The zero-order valence-electron chi connectivity index (χ0n) is 16.2. The van der Waals surface area contributed by atoms with Gasteiger partial charge in [-0.15, -0.1) is 0 Å². The van der Waals surface area contributed by atoms with Gasteiger partial charge in [0.15, 0.2) is 0 Å². The number of aryl methyl sites for hydroxylation is 2. The minimum Gasteiger partial charge on any atom is -0.276 e. The number of anilines is 1. The maximum Gasteiger partial charge on any atom is 0.262 e. The molecule has 0 radical (unpaired) electrons. The van der Waals surface area contributed by atoms with Crippen LogP contribution in [0.15, 0.2) is 57.9 Å². The summed E-state index contributed by atoms with van der Waals surface area (Å²) >= 11 is 3.43. The van der Waals surface area contributed by atoms with Crippen molar-refractivity contribution in [3.8, 4) is 0 Å². The fourth-order valence-corrected chi connectivity index (χ4v) is 4.52. The fraction of sp³-hybridized carbons (Fsp3) is 0.286. The van der Waals surface area contributed by atoms with Crippen LogP contribution in [0.2, 0.25) is 0 Å². The Bertz CT molecular complexity index is 1060.